The van der Waals surface area contributed by atoms with Gasteiger partial charge in [-0.3, -0.25) is 0 Å². The number of benzene rings is 7. The first kappa shape index (κ1) is 27.6. The molecular formula is C43H30N2Si. The topological polar surface area (TPSA) is 28.7 Å². The second-order valence-corrected chi connectivity index (χ2v) is 15.4. The molecule has 7 aromatic carbocycles. The Morgan fingerprint density at radius 1 is 0.435 bits per heavy atom. The molecule has 0 radical (unpaired) electrons. The van der Waals surface area contributed by atoms with Crippen LogP contribution in [0.1, 0.15) is 5.56 Å². The Morgan fingerprint density at radius 3 is 1.43 bits per heavy atom. The molecule has 0 atom stereocenters. The third kappa shape index (κ3) is 4.39. The number of nitrogens with zero attached hydrogens (tertiary/aromatic N) is 2. The first-order valence-corrected chi connectivity index (χ1v) is 17.6. The molecule has 0 aliphatic carbocycles. The molecule has 0 bridgehead atoms. The minimum absolute atomic E-state index is 0.660. The summed E-state index contributed by atoms with van der Waals surface area (Å²) in [6.07, 6.45) is 0. The summed E-state index contributed by atoms with van der Waals surface area (Å²) in [4.78, 5) is 0. The van der Waals surface area contributed by atoms with Gasteiger partial charge in [-0.15, -0.1) is 0 Å². The van der Waals surface area contributed by atoms with Crippen LogP contribution >= 0.6 is 0 Å². The van der Waals surface area contributed by atoms with Crippen LogP contribution in [0.5, 0.6) is 0 Å². The van der Waals surface area contributed by atoms with Crippen LogP contribution in [0.4, 0.5) is 0 Å². The van der Waals surface area contributed by atoms with E-state index in [1.165, 1.54) is 31.5 Å². The Morgan fingerprint density at radius 2 is 0.913 bits per heavy atom. The van der Waals surface area contributed by atoms with Crippen LogP contribution in [-0.4, -0.2) is 12.6 Å². The highest BCUT2D eigenvalue weighted by atomic mass is 28.3. The van der Waals surface area contributed by atoms with Gasteiger partial charge in [-0.1, -0.05) is 152 Å². The van der Waals surface area contributed by atoms with E-state index in [0.29, 0.717) is 5.56 Å². The van der Waals surface area contributed by atoms with Gasteiger partial charge in [0.05, 0.1) is 22.7 Å². The number of para-hydroxylation sites is 2. The van der Waals surface area contributed by atoms with Gasteiger partial charge in [0, 0.05) is 22.0 Å². The second kappa shape index (κ2) is 11.5. The summed E-state index contributed by atoms with van der Waals surface area (Å²) < 4.78 is 2.32. The fraction of sp³-hybridized carbons (Fsp3) is 0. The summed E-state index contributed by atoms with van der Waals surface area (Å²) in [5, 5.41) is 18.0. The molecule has 0 saturated carbocycles. The van der Waals surface area contributed by atoms with Gasteiger partial charge in [-0.05, 0) is 56.6 Å². The number of aromatic nitrogens is 1. The minimum Gasteiger partial charge on any atom is -0.309 e. The molecule has 2 nitrogen and oxygen atoms in total. The van der Waals surface area contributed by atoms with Crippen molar-refractivity contribution in [2.24, 2.45) is 0 Å². The number of nitriles is 1. The predicted molar refractivity (Wildman–Crippen MR) is 195 cm³/mol. The van der Waals surface area contributed by atoms with Crippen molar-refractivity contribution >= 4 is 50.6 Å². The summed E-state index contributed by atoms with van der Waals surface area (Å²) in [6, 6.07) is 67.6. The van der Waals surface area contributed by atoms with E-state index in [9.17, 15) is 5.26 Å². The predicted octanol–water partition coefficient (Wildman–Crippen LogP) is 7.70. The molecule has 0 unspecified atom stereocenters. The van der Waals surface area contributed by atoms with Crippen LogP contribution in [0.25, 0.3) is 38.6 Å². The average Bonchev–Trinajstić information content (AvgIpc) is 3.48. The molecule has 1 aromatic heterocycles. The number of hydrogen-bond donors (Lipinski definition) is 0. The Kier molecular flexibility index (Phi) is 6.91. The van der Waals surface area contributed by atoms with Gasteiger partial charge in [0.25, 0.3) is 0 Å². The Hall–Kier alpha value is -5.95. The summed E-state index contributed by atoms with van der Waals surface area (Å²) in [5.41, 5.74) is 5.97. The van der Waals surface area contributed by atoms with Crippen molar-refractivity contribution in [1.29, 1.82) is 5.26 Å². The fourth-order valence-electron chi connectivity index (χ4n) is 7.19. The molecule has 0 spiro atoms. The molecule has 0 aliphatic heterocycles. The lowest BCUT2D eigenvalue weighted by Crippen LogP contribution is -2.74. The lowest BCUT2D eigenvalue weighted by Gasteiger charge is -2.34. The molecule has 0 amide bonds. The minimum atomic E-state index is -2.72. The SMILES string of the molecule is N#Cc1ccc(-n2c3ccccc3c3ccccc32)cc1-c1cccc([Si](c2ccccc2)(c2ccccc2)c2ccccc2)c1. The summed E-state index contributed by atoms with van der Waals surface area (Å²) >= 11 is 0. The van der Waals surface area contributed by atoms with Crippen molar-refractivity contribution in [2.75, 3.05) is 0 Å². The first-order valence-electron chi connectivity index (χ1n) is 15.6. The third-order valence-corrected chi connectivity index (χ3v) is 14.0. The summed E-state index contributed by atoms with van der Waals surface area (Å²) in [5.74, 6) is 0. The smallest absolute Gasteiger partial charge is 0.179 e. The lowest BCUT2D eigenvalue weighted by molar-refractivity contribution is 1.18. The molecule has 46 heavy (non-hydrogen) atoms. The zero-order chi connectivity index (χ0) is 30.9. The van der Waals surface area contributed by atoms with Crippen molar-refractivity contribution in [3.63, 3.8) is 0 Å². The molecular weight excluding hydrogens is 573 g/mol. The van der Waals surface area contributed by atoms with Crippen molar-refractivity contribution in [1.82, 2.24) is 4.57 Å². The van der Waals surface area contributed by atoms with Crippen LogP contribution in [0.3, 0.4) is 0 Å². The largest absolute Gasteiger partial charge is 0.309 e. The van der Waals surface area contributed by atoms with Crippen LogP contribution in [0.2, 0.25) is 0 Å². The Labute approximate surface area is 270 Å². The van der Waals surface area contributed by atoms with Gasteiger partial charge in [0.15, 0.2) is 8.07 Å². The highest BCUT2D eigenvalue weighted by molar-refractivity contribution is 7.19. The van der Waals surface area contributed by atoms with Crippen LogP contribution in [-0.2, 0) is 0 Å². The van der Waals surface area contributed by atoms with Gasteiger partial charge in [0.2, 0.25) is 0 Å². The van der Waals surface area contributed by atoms with Crippen molar-refractivity contribution in [3.05, 3.63) is 188 Å². The average molecular weight is 603 g/mol. The van der Waals surface area contributed by atoms with E-state index < -0.39 is 8.07 Å². The fourth-order valence-corrected chi connectivity index (χ4v) is 12.0. The van der Waals surface area contributed by atoms with Crippen molar-refractivity contribution < 1.29 is 0 Å². The molecule has 0 saturated heterocycles. The van der Waals surface area contributed by atoms with E-state index in [0.717, 1.165) is 27.8 Å². The van der Waals surface area contributed by atoms with Gasteiger partial charge >= 0.3 is 0 Å². The van der Waals surface area contributed by atoms with E-state index in [2.05, 4.69) is 187 Å². The molecule has 8 aromatic rings. The van der Waals surface area contributed by atoms with Gasteiger partial charge < -0.3 is 4.57 Å². The molecule has 8 rings (SSSR count). The maximum absolute atomic E-state index is 10.4. The maximum Gasteiger partial charge on any atom is 0.179 e. The molecule has 1 heterocycles. The third-order valence-electron chi connectivity index (χ3n) is 9.19. The zero-order valence-corrected chi connectivity index (χ0v) is 26.2. The second-order valence-electron chi connectivity index (χ2n) is 11.6. The van der Waals surface area contributed by atoms with Crippen LogP contribution in [0, 0.1) is 11.3 Å². The van der Waals surface area contributed by atoms with Gasteiger partial charge in [-0.25, -0.2) is 0 Å². The van der Waals surface area contributed by atoms with Crippen LogP contribution in [0.15, 0.2) is 182 Å². The summed E-state index contributed by atoms with van der Waals surface area (Å²) in [6.45, 7) is 0. The number of hydrogen-bond acceptors (Lipinski definition) is 1. The van der Waals surface area contributed by atoms with E-state index in [1.54, 1.807) is 0 Å². The molecule has 3 heteroatoms. The monoisotopic (exact) mass is 602 g/mol. The highest BCUT2D eigenvalue weighted by Crippen LogP contribution is 2.34. The van der Waals surface area contributed by atoms with Gasteiger partial charge in [0.1, 0.15) is 0 Å². The number of rotatable bonds is 6. The van der Waals surface area contributed by atoms with Crippen molar-refractivity contribution in [2.45, 2.75) is 0 Å². The lowest BCUT2D eigenvalue weighted by atomic mass is 9.99. The molecule has 0 fully saturated rings. The Balaban J connectivity index is 1.39. The van der Waals surface area contributed by atoms with Crippen LogP contribution < -0.4 is 20.7 Å². The summed E-state index contributed by atoms with van der Waals surface area (Å²) in [7, 11) is -2.72. The van der Waals surface area contributed by atoms with E-state index in [-0.39, 0.29) is 0 Å². The molecule has 216 valence electrons. The maximum atomic E-state index is 10.4. The Bertz CT molecular complexity index is 2220. The number of fused-ring (bicyclic) bond motifs is 3. The standard InChI is InChI=1S/C43H30N2Si/c44-31-33-27-28-34(45-42-25-12-10-23-39(42)40-24-11-13-26-43(40)45)30-41(33)32-15-14-22-38(29-32)46(35-16-4-1-5-17-35,36-18-6-2-7-19-36)37-20-8-3-9-21-37/h1-30H. The normalized spacial score (nSPS) is 11.5. The van der Waals surface area contributed by atoms with Crippen molar-refractivity contribution in [3.8, 4) is 22.9 Å². The molecule has 0 aliphatic rings. The molecule has 0 N–H and O–H groups in total. The quantitative estimate of drug-likeness (QED) is 0.142. The van der Waals surface area contributed by atoms with E-state index >= 15 is 0 Å². The zero-order valence-electron chi connectivity index (χ0n) is 25.2. The highest BCUT2D eigenvalue weighted by Gasteiger charge is 2.41. The van der Waals surface area contributed by atoms with E-state index in [4.69, 9.17) is 0 Å². The first-order chi connectivity index (χ1) is 22.8. The van der Waals surface area contributed by atoms with E-state index in [1.807, 2.05) is 6.07 Å². The van der Waals surface area contributed by atoms with Gasteiger partial charge in [-0.2, -0.15) is 5.26 Å².